The van der Waals surface area contributed by atoms with E-state index in [1.54, 1.807) is 7.11 Å². The van der Waals surface area contributed by atoms with Crippen molar-refractivity contribution in [2.45, 2.75) is 60.5 Å². The van der Waals surface area contributed by atoms with Gasteiger partial charge in [0.25, 0.3) is 0 Å². The van der Waals surface area contributed by atoms with Crippen molar-refractivity contribution in [1.29, 1.82) is 0 Å². The van der Waals surface area contributed by atoms with Gasteiger partial charge in [0, 0.05) is 25.4 Å². The Bertz CT molecular complexity index is 438. The summed E-state index contributed by atoms with van der Waals surface area (Å²) in [7, 11) is 1.73. The molecule has 1 aromatic heterocycles. The Labute approximate surface area is 129 Å². The number of methoxy groups -OCH3 is 1. The van der Waals surface area contributed by atoms with Gasteiger partial charge >= 0.3 is 0 Å². The molecule has 0 saturated carbocycles. The molecular weight excluding hydrogens is 262 g/mol. The third-order valence-corrected chi connectivity index (χ3v) is 3.23. The molecule has 1 N–H and O–H groups in total. The minimum atomic E-state index is -0.105. The molecule has 0 aliphatic carbocycles. The maximum Gasteiger partial charge on any atom is 0.160 e. The van der Waals surface area contributed by atoms with E-state index in [9.17, 15) is 0 Å². The van der Waals surface area contributed by atoms with Crippen LogP contribution in [0.15, 0.2) is 6.07 Å². The molecule has 0 aromatic carbocycles. The Balaban J connectivity index is 3.16. The normalized spacial score (nSPS) is 13.5. The van der Waals surface area contributed by atoms with E-state index in [-0.39, 0.29) is 11.5 Å². The van der Waals surface area contributed by atoms with Gasteiger partial charge in [-0.2, -0.15) is 0 Å². The standard InChI is InChI=1S/C17H31N3O/c1-8-9-18-14-11-13(10-12(2)3)19-16(20-14)15(21-7)17(4,5)6/h11-12,15H,8-10H2,1-7H3,(H,18,19,20). The molecule has 0 aliphatic rings. The van der Waals surface area contributed by atoms with Gasteiger partial charge in [-0.25, -0.2) is 9.97 Å². The molecule has 1 rings (SSSR count). The fraction of sp³-hybridized carbons (Fsp3) is 0.765. The van der Waals surface area contributed by atoms with Crippen LogP contribution in [0.2, 0.25) is 0 Å². The molecule has 4 nitrogen and oxygen atoms in total. The van der Waals surface area contributed by atoms with Crippen LogP contribution in [0.5, 0.6) is 0 Å². The SMILES string of the molecule is CCCNc1cc(CC(C)C)nc(C(OC)C(C)(C)C)n1. The molecule has 1 aromatic rings. The van der Waals surface area contributed by atoms with Crippen LogP contribution in [0.1, 0.15) is 65.6 Å². The second kappa shape index (κ2) is 7.74. The Morgan fingerprint density at radius 2 is 1.90 bits per heavy atom. The van der Waals surface area contributed by atoms with Crippen LogP contribution in [-0.2, 0) is 11.2 Å². The highest BCUT2D eigenvalue weighted by atomic mass is 16.5. The highest BCUT2D eigenvalue weighted by Gasteiger charge is 2.29. The average Bonchev–Trinajstić information content (AvgIpc) is 2.34. The third-order valence-electron chi connectivity index (χ3n) is 3.23. The van der Waals surface area contributed by atoms with Crippen LogP contribution in [0.4, 0.5) is 5.82 Å². The fourth-order valence-corrected chi connectivity index (χ4v) is 2.35. The first-order valence-electron chi connectivity index (χ1n) is 7.92. The van der Waals surface area contributed by atoms with E-state index >= 15 is 0 Å². The van der Waals surface area contributed by atoms with Crippen LogP contribution in [0, 0.1) is 11.3 Å². The second-order valence-corrected chi connectivity index (χ2v) is 7.11. The van der Waals surface area contributed by atoms with E-state index in [0.717, 1.165) is 36.7 Å². The Morgan fingerprint density at radius 3 is 2.38 bits per heavy atom. The zero-order valence-electron chi connectivity index (χ0n) is 14.7. The summed E-state index contributed by atoms with van der Waals surface area (Å²) in [5.74, 6) is 2.26. The molecule has 1 heterocycles. The van der Waals surface area contributed by atoms with Crippen molar-refractivity contribution in [1.82, 2.24) is 9.97 Å². The molecule has 0 radical (unpaired) electrons. The highest BCUT2D eigenvalue weighted by Crippen LogP contribution is 2.34. The second-order valence-electron chi connectivity index (χ2n) is 7.11. The first-order valence-corrected chi connectivity index (χ1v) is 7.92. The number of ether oxygens (including phenoxy) is 1. The Hall–Kier alpha value is -1.16. The van der Waals surface area contributed by atoms with Crippen LogP contribution < -0.4 is 5.32 Å². The molecule has 0 amide bonds. The van der Waals surface area contributed by atoms with Gasteiger partial charge in [0.05, 0.1) is 0 Å². The minimum absolute atomic E-state index is 0.0345. The summed E-state index contributed by atoms with van der Waals surface area (Å²) >= 11 is 0. The summed E-state index contributed by atoms with van der Waals surface area (Å²) < 4.78 is 5.67. The van der Waals surface area contributed by atoms with Crippen molar-refractivity contribution in [3.05, 3.63) is 17.6 Å². The molecule has 0 spiro atoms. The summed E-state index contributed by atoms with van der Waals surface area (Å²) in [6, 6.07) is 2.06. The highest BCUT2D eigenvalue weighted by molar-refractivity contribution is 5.36. The van der Waals surface area contributed by atoms with Gasteiger partial charge < -0.3 is 10.1 Å². The minimum Gasteiger partial charge on any atom is -0.373 e. The van der Waals surface area contributed by atoms with Crippen LogP contribution >= 0.6 is 0 Å². The number of aromatic nitrogens is 2. The average molecular weight is 293 g/mol. The van der Waals surface area contributed by atoms with E-state index < -0.39 is 0 Å². The van der Waals surface area contributed by atoms with Gasteiger partial charge in [-0.3, -0.25) is 0 Å². The van der Waals surface area contributed by atoms with E-state index in [4.69, 9.17) is 9.72 Å². The van der Waals surface area contributed by atoms with Crippen LogP contribution in [0.3, 0.4) is 0 Å². The van der Waals surface area contributed by atoms with Crippen LogP contribution in [-0.4, -0.2) is 23.6 Å². The van der Waals surface area contributed by atoms with E-state index in [1.165, 1.54) is 0 Å². The quantitative estimate of drug-likeness (QED) is 0.817. The van der Waals surface area contributed by atoms with Gasteiger partial charge in [0.2, 0.25) is 0 Å². The Kier molecular flexibility index (Phi) is 6.59. The lowest BCUT2D eigenvalue weighted by atomic mass is 9.88. The Morgan fingerprint density at radius 1 is 1.24 bits per heavy atom. The van der Waals surface area contributed by atoms with Crippen molar-refractivity contribution < 1.29 is 4.74 Å². The van der Waals surface area contributed by atoms with Crippen molar-refractivity contribution in [2.75, 3.05) is 19.0 Å². The molecule has 4 heteroatoms. The van der Waals surface area contributed by atoms with Gasteiger partial charge in [0.15, 0.2) is 5.82 Å². The molecular formula is C17H31N3O. The topological polar surface area (TPSA) is 47.0 Å². The van der Waals surface area contributed by atoms with Gasteiger partial charge in [-0.1, -0.05) is 41.5 Å². The predicted octanol–water partition coefficient (Wildman–Crippen LogP) is 4.23. The lowest BCUT2D eigenvalue weighted by Gasteiger charge is -2.28. The van der Waals surface area contributed by atoms with Crippen molar-refractivity contribution in [2.24, 2.45) is 11.3 Å². The number of anilines is 1. The van der Waals surface area contributed by atoms with Crippen molar-refractivity contribution in [3.8, 4) is 0 Å². The lowest BCUT2D eigenvalue weighted by Crippen LogP contribution is -2.23. The molecule has 21 heavy (non-hydrogen) atoms. The first kappa shape index (κ1) is 17.9. The molecule has 120 valence electrons. The smallest absolute Gasteiger partial charge is 0.160 e. The summed E-state index contributed by atoms with van der Waals surface area (Å²) in [4.78, 5) is 9.41. The molecule has 0 saturated heterocycles. The zero-order valence-corrected chi connectivity index (χ0v) is 14.7. The third kappa shape index (κ3) is 5.62. The van der Waals surface area contributed by atoms with E-state index in [0.29, 0.717) is 5.92 Å². The van der Waals surface area contributed by atoms with Gasteiger partial charge in [-0.15, -0.1) is 0 Å². The first-order chi connectivity index (χ1) is 9.77. The van der Waals surface area contributed by atoms with Gasteiger partial charge in [0.1, 0.15) is 11.9 Å². The number of rotatable bonds is 7. The fourth-order valence-electron chi connectivity index (χ4n) is 2.35. The monoisotopic (exact) mass is 293 g/mol. The summed E-state index contributed by atoms with van der Waals surface area (Å²) in [6.07, 6.45) is 1.93. The summed E-state index contributed by atoms with van der Waals surface area (Å²) in [6.45, 7) is 13.9. The molecule has 0 fully saturated rings. The molecule has 1 unspecified atom stereocenters. The number of nitrogens with zero attached hydrogens (tertiary/aromatic N) is 2. The van der Waals surface area contributed by atoms with E-state index in [1.807, 2.05) is 0 Å². The zero-order chi connectivity index (χ0) is 16.0. The van der Waals surface area contributed by atoms with Crippen molar-refractivity contribution in [3.63, 3.8) is 0 Å². The number of hydrogen-bond acceptors (Lipinski definition) is 4. The molecule has 0 aliphatic heterocycles. The van der Waals surface area contributed by atoms with Crippen LogP contribution in [0.25, 0.3) is 0 Å². The van der Waals surface area contributed by atoms with Crippen molar-refractivity contribution >= 4 is 5.82 Å². The largest absolute Gasteiger partial charge is 0.373 e. The maximum absolute atomic E-state index is 5.67. The van der Waals surface area contributed by atoms with E-state index in [2.05, 4.69) is 57.9 Å². The number of nitrogens with one attached hydrogen (secondary N) is 1. The molecule has 1 atom stereocenters. The summed E-state index contributed by atoms with van der Waals surface area (Å²) in [5, 5.41) is 3.37. The number of hydrogen-bond donors (Lipinski definition) is 1. The maximum atomic E-state index is 5.67. The van der Waals surface area contributed by atoms with Gasteiger partial charge in [-0.05, 0) is 24.2 Å². The molecule has 0 bridgehead atoms. The predicted molar refractivity (Wildman–Crippen MR) is 88.6 cm³/mol. The summed E-state index contributed by atoms with van der Waals surface area (Å²) in [5.41, 5.74) is 1.05. The lowest BCUT2D eigenvalue weighted by molar-refractivity contribution is 0.00859.